The molecule has 1 saturated heterocycles. The number of sulfonamides is 1. The third-order valence-electron chi connectivity index (χ3n) is 5.75. The first-order chi connectivity index (χ1) is 13.8. The van der Waals surface area contributed by atoms with E-state index in [0.29, 0.717) is 30.1 Å². The lowest BCUT2D eigenvalue weighted by atomic mass is 9.89. The third kappa shape index (κ3) is 4.51. The van der Waals surface area contributed by atoms with E-state index >= 15 is 0 Å². The van der Waals surface area contributed by atoms with Crippen LogP contribution in [0.1, 0.15) is 38.5 Å². The molecule has 2 fully saturated rings. The number of nitrogens with two attached hydrogens (primary N) is 1. The van der Waals surface area contributed by atoms with Crippen molar-refractivity contribution in [3.05, 3.63) is 30.3 Å². The number of primary amides is 1. The van der Waals surface area contributed by atoms with Crippen molar-refractivity contribution in [3.63, 3.8) is 0 Å². The minimum atomic E-state index is -4.33. The molecule has 0 spiro atoms. The zero-order valence-corrected chi connectivity index (χ0v) is 17.1. The maximum Gasteiger partial charge on any atom is 0.267 e. The molecule has 0 aromatic heterocycles. The van der Waals surface area contributed by atoms with Gasteiger partial charge in [-0.3, -0.25) is 14.4 Å². The van der Waals surface area contributed by atoms with Crippen LogP contribution in [0, 0.1) is 11.8 Å². The van der Waals surface area contributed by atoms with Crippen molar-refractivity contribution in [1.29, 1.82) is 0 Å². The fourth-order valence-corrected chi connectivity index (χ4v) is 5.92. The van der Waals surface area contributed by atoms with Crippen molar-refractivity contribution in [2.75, 3.05) is 13.1 Å². The lowest BCUT2D eigenvalue weighted by Gasteiger charge is -2.33. The van der Waals surface area contributed by atoms with Crippen molar-refractivity contribution in [2.45, 2.75) is 49.5 Å². The highest BCUT2D eigenvalue weighted by Gasteiger charge is 2.46. The van der Waals surface area contributed by atoms with Gasteiger partial charge in [-0.25, -0.2) is 12.7 Å². The Morgan fingerprint density at radius 2 is 1.72 bits per heavy atom. The van der Waals surface area contributed by atoms with E-state index in [0.717, 1.165) is 12.8 Å². The third-order valence-corrected chi connectivity index (χ3v) is 7.57. The summed E-state index contributed by atoms with van der Waals surface area (Å²) in [5.41, 5.74) is 5.55. The van der Waals surface area contributed by atoms with E-state index in [4.69, 9.17) is 5.73 Å². The van der Waals surface area contributed by atoms with Crippen LogP contribution >= 0.6 is 0 Å². The Bertz CT molecular complexity index is 865. The lowest BCUT2D eigenvalue weighted by molar-refractivity contribution is -0.143. The molecular weight excluding hydrogens is 394 g/mol. The molecular formula is C20H27N3O5S. The summed E-state index contributed by atoms with van der Waals surface area (Å²) >= 11 is 0. The number of hydrogen-bond acceptors (Lipinski definition) is 6. The van der Waals surface area contributed by atoms with Crippen molar-refractivity contribution in [2.24, 2.45) is 17.6 Å². The second-order valence-corrected chi connectivity index (χ2v) is 9.49. The van der Waals surface area contributed by atoms with Gasteiger partial charge in [0.25, 0.3) is 10.0 Å². The van der Waals surface area contributed by atoms with Crippen LogP contribution in [0.15, 0.2) is 35.2 Å². The quantitative estimate of drug-likeness (QED) is 0.655. The average Bonchev–Trinajstić information content (AvgIpc) is 3.12. The van der Waals surface area contributed by atoms with Crippen LogP contribution in [-0.2, 0) is 24.4 Å². The number of carbonyl (C=O) groups is 3. The van der Waals surface area contributed by atoms with Crippen molar-refractivity contribution in [3.8, 4) is 0 Å². The molecule has 1 aliphatic heterocycles. The fourth-order valence-electron chi connectivity index (χ4n) is 4.29. The number of nitrogens with one attached hydrogen (secondary N) is 1. The molecule has 2 atom stereocenters. The zero-order chi connectivity index (χ0) is 21.0. The Morgan fingerprint density at radius 1 is 1.07 bits per heavy atom. The maximum absolute atomic E-state index is 13.5. The number of nitrogens with zero attached hydrogens (tertiary/aromatic N) is 1. The van der Waals surface area contributed by atoms with E-state index < -0.39 is 33.8 Å². The SMILES string of the molecule is NC(=O)[C@@H](C(=O)N(C1CCCNCC1=O)S(=O)(=O)c1ccccc1)C1CCCC1. The van der Waals surface area contributed by atoms with Crippen molar-refractivity contribution < 1.29 is 22.8 Å². The Morgan fingerprint density at radius 3 is 2.34 bits per heavy atom. The molecule has 3 N–H and O–H groups in total. The van der Waals surface area contributed by atoms with E-state index in [2.05, 4.69) is 5.32 Å². The molecule has 3 rings (SSSR count). The van der Waals surface area contributed by atoms with Crippen LogP contribution in [0.2, 0.25) is 0 Å². The highest BCUT2D eigenvalue weighted by molar-refractivity contribution is 7.89. The topological polar surface area (TPSA) is 127 Å². The molecule has 0 radical (unpaired) electrons. The molecule has 1 heterocycles. The first-order valence-corrected chi connectivity index (χ1v) is 11.4. The maximum atomic E-state index is 13.5. The second-order valence-electron chi connectivity index (χ2n) is 7.68. The molecule has 1 aliphatic carbocycles. The van der Waals surface area contributed by atoms with E-state index in [9.17, 15) is 22.8 Å². The Labute approximate surface area is 170 Å². The molecule has 1 unspecified atom stereocenters. The number of Topliss-reactive ketones (excluding diaryl/α,β-unsaturated/α-hetero) is 1. The molecule has 0 bridgehead atoms. The van der Waals surface area contributed by atoms with Crippen LogP contribution in [-0.4, -0.2) is 49.5 Å². The van der Waals surface area contributed by atoms with Gasteiger partial charge in [-0.1, -0.05) is 31.0 Å². The summed E-state index contributed by atoms with van der Waals surface area (Å²) in [6.07, 6.45) is 3.74. The van der Waals surface area contributed by atoms with Gasteiger partial charge in [0.1, 0.15) is 12.0 Å². The van der Waals surface area contributed by atoms with E-state index in [1.54, 1.807) is 18.2 Å². The summed E-state index contributed by atoms with van der Waals surface area (Å²) in [5, 5.41) is 2.95. The van der Waals surface area contributed by atoms with E-state index in [-0.39, 0.29) is 29.6 Å². The smallest absolute Gasteiger partial charge is 0.267 e. The van der Waals surface area contributed by atoms with Gasteiger partial charge in [0, 0.05) is 0 Å². The standard InChI is InChI=1S/C20H27N3O5S/c21-19(25)18(14-7-4-5-8-14)20(26)23(16-11-6-12-22-13-17(16)24)29(27,28)15-9-2-1-3-10-15/h1-3,9-10,14,16,18,22H,4-8,11-13H2,(H2,21,25)/t16?,18-/m0/s1. The normalized spacial score (nSPS) is 22.1. The molecule has 8 nitrogen and oxygen atoms in total. The highest BCUT2D eigenvalue weighted by atomic mass is 32.2. The first kappa shape index (κ1) is 21.4. The fraction of sp³-hybridized carbons (Fsp3) is 0.550. The minimum Gasteiger partial charge on any atom is -0.369 e. The van der Waals surface area contributed by atoms with Crippen LogP contribution < -0.4 is 11.1 Å². The van der Waals surface area contributed by atoms with Gasteiger partial charge in [-0.2, -0.15) is 0 Å². The van der Waals surface area contributed by atoms with Crippen LogP contribution in [0.3, 0.4) is 0 Å². The highest BCUT2D eigenvalue weighted by Crippen LogP contribution is 2.34. The largest absolute Gasteiger partial charge is 0.369 e. The predicted octanol–water partition coefficient (Wildman–Crippen LogP) is 0.817. The van der Waals surface area contributed by atoms with Crippen molar-refractivity contribution in [1.82, 2.24) is 9.62 Å². The van der Waals surface area contributed by atoms with Gasteiger partial charge >= 0.3 is 0 Å². The summed E-state index contributed by atoms with van der Waals surface area (Å²) in [7, 11) is -4.33. The zero-order valence-electron chi connectivity index (χ0n) is 16.2. The summed E-state index contributed by atoms with van der Waals surface area (Å²) in [6.45, 7) is 0.529. The monoisotopic (exact) mass is 421 g/mol. The number of amides is 2. The molecule has 29 heavy (non-hydrogen) atoms. The summed E-state index contributed by atoms with van der Waals surface area (Å²) in [6, 6.07) is 6.37. The number of hydrogen-bond donors (Lipinski definition) is 2. The number of carbonyl (C=O) groups excluding carboxylic acids is 3. The number of benzene rings is 1. The molecule has 1 saturated carbocycles. The molecule has 1 aromatic carbocycles. The summed E-state index contributed by atoms with van der Waals surface area (Å²) in [5.74, 6) is -3.65. The summed E-state index contributed by atoms with van der Waals surface area (Å²) in [4.78, 5) is 38.4. The van der Waals surface area contributed by atoms with Gasteiger partial charge in [0.15, 0.2) is 5.78 Å². The number of ketones is 1. The lowest BCUT2D eigenvalue weighted by Crippen LogP contribution is -2.54. The Hall–Kier alpha value is -2.26. The van der Waals surface area contributed by atoms with Crippen LogP contribution in [0.4, 0.5) is 0 Å². The first-order valence-electron chi connectivity index (χ1n) is 10.00. The molecule has 2 amide bonds. The predicted molar refractivity (Wildman–Crippen MR) is 106 cm³/mol. The average molecular weight is 422 g/mol. The Balaban J connectivity index is 2.07. The van der Waals surface area contributed by atoms with Crippen LogP contribution in [0.25, 0.3) is 0 Å². The van der Waals surface area contributed by atoms with Gasteiger partial charge in [0.05, 0.1) is 11.4 Å². The summed E-state index contributed by atoms with van der Waals surface area (Å²) < 4.78 is 27.6. The van der Waals surface area contributed by atoms with Gasteiger partial charge in [-0.05, 0) is 50.3 Å². The van der Waals surface area contributed by atoms with Gasteiger partial charge in [0.2, 0.25) is 11.8 Å². The molecule has 1 aromatic rings. The van der Waals surface area contributed by atoms with Crippen LogP contribution in [0.5, 0.6) is 0 Å². The molecule has 2 aliphatic rings. The molecule has 9 heteroatoms. The van der Waals surface area contributed by atoms with Gasteiger partial charge in [-0.15, -0.1) is 0 Å². The van der Waals surface area contributed by atoms with Crippen molar-refractivity contribution >= 4 is 27.6 Å². The second kappa shape index (κ2) is 9.04. The number of rotatable bonds is 6. The van der Waals surface area contributed by atoms with Gasteiger partial charge < -0.3 is 11.1 Å². The van der Waals surface area contributed by atoms with E-state index in [1.807, 2.05) is 0 Å². The molecule has 158 valence electrons. The Kier molecular flexibility index (Phi) is 6.69. The minimum absolute atomic E-state index is 0.0244. The van der Waals surface area contributed by atoms with E-state index in [1.165, 1.54) is 12.1 Å².